The van der Waals surface area contributed by atoms with E-state index < -0.39 is 0 Å². The van der Waals surface area contributed by atoms with Crippen LogP contribution in [0, 0.1) is 0 Å². The fourth-order valence-electron chi connectivity index (χ4n) is 2.94. The number of likely N-dealkylation sites (N-methyl/N-ethyl adjacent to an activating group) is 1. The fraction of sp³-hybridized carbons (Fsp3) is 0.625. The summed E-state index contributed by atoms with van der Waals surface area (Å²) in [5.74, 6) is 1.67. The summed E-state index contributed by atoms with van der Waals surface area (Å²) in [6.07, 6.45) is 5.48. The Morgan fingerprint density at radius 3 is 2.85 bits per heavy atom. The number of rotatable bonds is 6. The van der Waals surface area contributed by atoms with Gasteiger partial charge in [-0.05, 0) is 37.1 Å². The summed E-state index contributed by atoms with van der Waals surface area (Å²) in [6, 6.07) is 6.36. The smallest absolute Gasteiger partial charge is 0.231 e. The fourth-order valence-corrected chi connectivity index (χ4v) is 2.94. The highest BCUT2D eigenvalue weighted by molar-refractivity contribution is 5.45. The average Bonchev–Trinajstić information content (AvgIpc) is 3.13. The largest absolute Gasteiger partial charge is 0.454 e. The van der Waals surface area contributed by atoms with Crippen LogP contribution in [0.2, 0.25) is 0 Å². The summed E-state index contributed by atoms with van der Waals surface area (Å²) < 4.78 is 16.9. The van der Waals surface area contributed by atoms with E-state index in [4.69, 9.17) is 14.2 Å². The van der Waals surface area contributed by atoms with Gasteiger partial charge in [0.15, 0.2) is 11.5 Å². The van der Waals surface area contributed by atoms with E-state index in [9.17, 15) is 0 Å². The van der Waals surface area contributed by atoms with Gasteiger partial charge in [0, 0.05) is 0 Å². The van der Waals surface area contributed by atoms with E-state index in [0.717, 1.165) is 24.7 Å². The lowest BCUT2D eigenvalue weighted by Gasteiger charge is -2.21. The lowest BCUT2D eigenvalue weighted by Crippen LogP contribution is -2.27. The first-order valence-corrected chi connectivity index (χ1v) is 7.61. The number of benzene rings is 1. The normalized spacial score (nSPS) is 19.4. The Morgan fingerprint density at radius 2 is 2.05 bits per heavy atom. The van der Waals surface area contributed by atoms with Crippen molar-refractivity contribution in [1.82, 2.24) is 5.32 Å². The molecule has 4 nitrogen and oxygen atoms in total. The van der Waals surface area contributed by atoms with Crippen molar-refractivity contribution in [3.05, 3.63) is 23.8 Å². The van der Waals surface area contributed by atoms with Gasteiger partial charge < -0.3 is 19.5 Å². The average molecular weight is 277 g/mol. The summed E-state index contributed by atoms with van der Waals surface area (Å²) in [4.78, 5) is 0. The zero-order chi connectivity index (χ0) is 13.8. The van der Waals surface area contributed by atoms with Crippen molar-refractivity contribution in [1.29, 1.82) is 0 Å². The van der Waals surface area contributed by atoms with Gasteiger partial charge in [-0.25, -0.2) is 0 Å². The van der Waals surface area contributed by atoms with E-state index in [1.54, 1.807) is 0 Å². The summed E-state index contributed by atoms with van der Waals surface area (Å²) in [6.45, 7) is 4.09. The second-order valence-corrected chi connectivity index (χ2v) is 5.46. The quantitative estimate of drug-likeness (QED) is 0.867. The van der Waals surface area contributed by atoms with E-state index in [-0.39, 0.29) is 6.04 Å². The molecule has 1 aromatic rings. The highest BCUT2D eigenvalue weighted by Crippen LogP contribution is 2.34. The first-order valence-electron chi connectivity index (χ1n) is 7.61. The molecule has 0 amide bonds. The van der Waals surface area contributed by atoms with Crippen LogP contribution in [0.25, 0.3) is 0 Å². The maximum absolute atomic E-state index is 6.06. The molecule has 1 heterocycles. The summed E-state index contributed by atoms with van der Waals surface area (Å²) in [5.41, 5.74) is 1.20. The summed E-state index contributed by atoms with van der Waals surface area (Å²) in [5, 5.41) is 3.49. The van der Waals surface area contributed by atoms with Gasteiger partial charge >= 0.3 is 0 Å². The molecule has 1 N–H and O–H groups in total. The molecule has 0 radical (unpaired) electrons. The van der Waals surface area contributed by atoms with Gasteiger partial charge in [0.05, 0.1) is 18.8 Å². The van der Waals surface area contributed by atoms with Crippen LogP contribution < -0.4 is 14.8 Å². The maximum atomic E-state index is 6.06. The predicted octanol–water partition coefficient (Wildman–Crippen LogP) is 3.03. The second kappa shape index (κ2) is 6.46. The van der Waals surface area contributed by atoms with Crippen molar-refractivity contribution >= 4 is 0 Å². The Bertz CT molecular complexity index is 443. The molecule has 2 aliphatic rings. The van der Waals surface area contributed by atoms with Gasteiger partial charge in [0.1, 0.15) is 0 Å². The molecule has 4 heteroatoms. The van der Waals surface area contributed by atoms with Crippen molar-refractivity contribution < 1.29 is 14.2 Å². The summed E-state index contributed by atoms with van der Waals surface area (Å²) in [7, 11) is 0. The van der Waals surface area contributed by atoms with Crippen molar-refractivity contribution in [2.75, 3.05) is 19.9 Å². The number of hydrogen-bond donors (Lipinski definition) is 1. The molecule has 1 atom stereocenters. The van der Waals surface area contributed by atoms with Gasteiger partial charge in [0.2, 0.25) is 6.79 Å². The SMILES string of the molecule is CCNC(COC1CCCC1)c1ccc2c(c1)OCO2. The second-order valence-electron chi connectivity index (χ2n) is 5.46. The first kappa shape index (κ1) is 13.7. The van der Waals surface area contributed by atoms with Crippen LogP contribution in [-0.4, -0.2) is 26.0 Å². The van der Waals surface area contributed by atoms with Crippen LogP contribution in [0.4, 0.5) is 0 Å². The number of fused-ring (bicyclic) bond motifs is 1. The Morgan fingerprint density at radius 1 is 1.25 bits per heavy atom. The molecule has 1 aliphatic heterocycles. The lowest BCUT2D eigenvalue weighted by molar-refractivity contribution is 0.0428. The van der Waals surface area contributed by atoms with Crippen LogP contribution in [0.15, 0.2) is 18.2 Å². The van der Waals surface area contributed by atoms with Gasteiger partial charge in [0.25, 0.3) is 0 Å². The Hall–Kier alpha value is -1.26. The molecule has 0 aromatic heterocycles. The van der Waals surface area contributed by atoms with Gasteiger partial charge in [-0.15, -0.1) is 0 Å². The molecule has 20 heavy (non-hydrogen) atoms. The van der Waals surface area contributed by atoms with Crippen molar-refractivity contribution in [3.63, 3.8) is 0 Å². The standard InChI is InChI=1S/C16H23NO3/c1-2-17-14(10-18-13-5-3-4-6-13)12-7-8-15-16(9-12)20-11-19-15/h7-9,13-14,17H,2-6,10-11H2,1H3. The Kier molecular flexibility index (Phi) is 4.43. The third kappa shape index (κ3) is 3.07. The Labute approximate surface area is 120 Å². The van der Waals surface area contributed by atoms with Crippen LogP contribution >= 0.6 is 0 Å². The van der Waals surface area contributed by atoms with Gasteiger partial charge in [-0.2, -0.15) is 0 Å². The third-order valence-corrected chi connectivity index (χ3v) is 4.05. The number of hydrogen-bond acceptors (Lipinski definition) is 4. The monoisotopic (exact) mass is 277 g/mol. The molecular weight excluding hydrogens is 254 g/mol. The molecule has 0 saturated heterocycles. The molecule has 1 saturated carbocycles. The molecule has 1 aliphatic carbocycles. The van der Waals surface area contributed by atoms with Crippen molar-refractivity contribution in [3.8, 4) is 11.5 Å². The van der Waals surface area contributed by atoms with Crippen LogP contribution in [-0.2, 0) is 4.74 Å². The molecule has 3 rings (SSSR count). The third-order valence-electron chi connectivity index (χ3n) is 4.05. The Balaban J connectivity index is 1.65. The van der Waals surface area contributed by atoms with Crippen molar-refractivity contribution in [2.45, 2.75) is 44.8 Å². The van der Waals surface area contributed by atoms with E-state index in [0.29, 0.717) is 12.9 Å². The van der Waals surface area contributed by atoms with Crippen LogP contribution in [0.1, 0.15) is 44.2 Å². The molecule has 110 valence electrons. The van der Waals surface area contributed by atoms with E-state index in [2.05, 4.69) is 24.4 Å². The molecular formula is C16H23NO3. The number of ether oxygens (including phenoxy) is 3. The molecule has 1 fully saturated rings. The van der Waals surface area contributed by atoms with Crippen LogP contribution in [0.3, 0.4) is 0 Å². The maximum Gasteiger partial charge on any atom is 0.231 e. The predicted molar refractivity (Wildman–Crippen MR) is 77.2 cm³/mol. The van der Waals surface area contributed by atoms with E-state index >= 15 is 0 Å². The van der Waals surface area contributed by atoms with Crippen molar-refractivity contribution in [2.24, 2.45) is 0 Å². The lowest BCUT2D eigenvalue weighted by atomic mass is 10.1. The molecule has 1 aromatic carbocycles. The highest BCUT2D eigenvalue weighted by Gasteiger charge is 2.20. The summed E-state index contributed by atoms with van der Waals surface area (Å²) >= 11 is 0. The van der Waals surface area contributed by atoms with Gasteiger partial charge in [-0.1, -0.05) is 25.8 Å². The van der Waals surface area contributed by atoms with E-state index in [1.807, 2.05) is 6.07 Å². The van der Waals surface area contributed by atoms with Crippen LogP contribution in [0.5, 0.6) is 11.5 Å². The topological polar surface area (TPSA) is 39.7 Å². The zero-order valence-corrected chi connectivity index (χ0v) is 12.1. The first-order chi connectivity index (χ1) is 9.86. The number of nitrogens with one attached hydrogen (secondary N) is 1. The zero-order valence-electron chi connectivity index (χ0n) is 12.1. The minimum absolute atomic E-state index is 0.218. The van der Waals surface area contributed by atoms with Gasteiger partial charge in [-0.3, -0.25) is 0 Å². The van der Waals surface area contributed by atoms with E-state index in [1.165, 1.54) is 31.2 Å². The minimum Gasteiger partial charge on any atom is -0.454 e. The molecule has 1 unspecified atom stereocenters. The molecule has 0 spiro atoms. The minimum atomic E-state index is 0.218. The highest BCUT2D eigenvalue weighted by atomic mass is 16.7. The molecule has 0 bridgehead atoms.